The zero-order valence-electron chi connectivity index (χ0n) is 26.3. The van der Waals surface area contributed by atoms with Gasteiger partial charge in [0.15, 0.2) is 21.5 Å². The molecule has 48 heavy (non-hydrogen) atoms. The Kier molecular flexibility index (Phi) is 11.6. The summed E-state index contributed by atoms with van der Waals surface area (Å²) in [7, 11) is -2.23. The van der Waals surface area contributed by atoms with Gasteiger partial charge in [0, 0.05) is 47.2 Å². The Hall–Kier alpha value is -4.09. The topological polar surface area (TPSA) is 124 Å². The maximum atomic E-state index is 14.4. The lowest BCUT2D eigenvalue weighted by Crippen LogP contribution is -2.49. The quantitative estimate of drug-likeness (QED) is 0.140. The van der Waals surface area contributed by atoms with E-state index in [1.54, 1.807) is 67.8 Å². The molecule has 252 valence electrons. The lowest BCUT2D eigenvalue weighted by atomic mass is 9.85. The smallest absolute Gasteiger partial charge is 0.252 e. The van der Waals surface area contributed by atoms with Gasteiger partial charge >= 0.3 is 0 Å². The van der Waals surface area contributed by atoms with Gasteiger partial charge in [-0.05, 0) is 72.6 Å². The molecule has 0 spiro atoms. The monoisotopic (exact) mass is 710 g/mol. The predicted octanol–water partition coefficient (Wildman–Crippen LogP) is 6.24. The second-order valence-corrected chi connectivity index (χ2v) is 14.1. The van der Waals surface area contributed by atoms with Crippen LogP contribution in [0, 0.1) is 0 Å². The minimum absolute atomic E-state index is 0.0149. The zero-order chi connectivity index (χ0) is 34.1. The van der Waals surface area contributed by atoms with Crippen molar-refractivity contribution in [2.24, 2.45) is 4.99 Å². The van der Waals surface area contributed by atoms with Crippen LogP contribution in [0.1, 0.15) is 35.6 Å². The van der Waals surface area contributed by atoms with E-state index in [4.69, 9.17) is 47.5 Å². The Labute approximate surface area is 290 Å². The van der Waals surface area contributed by atoms with Crippen LogP contribution in [-0.2, 0) is 25.8 Å². The number of halogens is 2. The molecular weight excluding hydrogens is 675 g/mol. The van der Waals surface area contributed by atoms with E-state index in [2.05, 4.69) is 5.32 Å². The first-order valence-electron chi connectivity index (χ1n) is 15.4. The van der Waals surface area contributed by atoms with Crippen LogP contribution >= 0.6 is 23.2 Å². The molecule has 0 unspecified atom stereocenters. The molecule has 2 atom stereocenters. The van der Waals surface area contributed by atoms with Crippen LogP contribution in [0.25, 0.3) is 0 Å². The average Bonchev–Trinajstić information content (AvgIpc) is 3.49. The molecule has 0 aromatic heterocycles. The molecule has 4 aromatic carbocycles. The predicted molar refractivity (Wildman–Crippen MR) is 186 cm³/mol. The number of hydrogen-bond acceptors (Lipinski definition) is 8. The summed E-state index contributed by atoms with van der Waals surface area (Å²) in [5, 5.41) is 12.7. The number of aliphatic hydroxyl groups excluding tert-OH is 1. The van der Waals surface area contributed by atoms with Crippen LogP contribution in [-0.4, -0.2) is 63.5 Å². The zero-order valence-corrected chi connectivity index (χ0v) is 28.6. The van der Waals surface area contributed by atoms with Gasteiger partial charge in [0.25, 0.3) is 5.91 Å². The number of carbonyl (C=O) groups excluding carboxylic acids is 1. The van der Waals surface area contributed by atoms with Gasteiger partial charge in [0.05, 0.1) is 24.4 Å². The van der Waals surface area contributed by atoms with Crippen molar-refractivity contribution in [3.05, 3.63) is 124 Å². The van der Waals surface area contributed by atoms with Crippen LogP contribution in [0.3, 0.4) is 0 Å². The summed E-state index contributed by atoms with van der Waals surface area (Å²) in [5.41, 5.74) is 0.209. The van der Waals surface area contributed by atoms with Crippen molar-refractivity contribution in [1.82, 2.24) is 5.32 Å². The van der Waals surface area contributed by atoms with E-state index >= 15 is 0 Å². The molecule has 9 nitrogen and oxygen atoms in total. The normalized spacial score (nSPS) is 17.3. The summed E-state index contributed by atoms with van der Waals surface area (Å²) in [6.45, 7) is 0.603. The molecule has 5 rings (SSSR count). The first-order valence-corrected chi connectivity index (χ1v) is 17.8. The van der Waals surface area contributed by atoms with Crippen molar-refractivity contribution in [3.8, 4) is 11.5 Å². The fourth-order valence-electron chi connectivity index (χ4n) is 5.40. The first-order chi connectivity index (χ1) is 23.1. The Morgan fingerprint density at radius 1 is 0.979 bits per heavy atom. The number of methoxy groups -OCH3 is 1. The Morgan fingerprint density at radius 3 is 2.46 bits per heavy atom. The molecule has 0 saturated carbocycles. The number of rotatable bonds is 15. The summed E-state index contributed by atoms with van der Waals surface area (Å²) in [6, 6.07) is 27.4. The number of amides is 1. The average molecular weight is 712 g/mol. The lowest BCUT2D eigenvalue weighted by Gasteiger charge is -2.31. The lowest BCUT2D eigenvalue weighted by molar-refractivity contribution is -0.129. The van der Waals surface area contributed by atoms with E-state index < -0.39 is 27.4 Å². The van der Waals surface area contributed by atoms with E-state index in [0.717, 1.165) is 5.56 Å². The van der Waals surface area contributed by atoms with E-state index in [-0.39, 0.29) is 41.1 Å². The standard InChI is InChI=1S/C36H36Cl2N2O7S/c1-45-29-8-5-7-25(23-29)17-19-39-35(42)36(18-22-48(43,44)30-9-3-2-4-10-30)33(31-16-13-27(37)24-32(31)38)47-34(40-36)26-11-14-28(15-12-26)46-21-6-20-41/h2-5,7-16,23-24,33,41H,6,17-22H2,1H3,(H,39,42)/t33-,36-/m1/s1. The third-order valence-electron chi connectivity index (χ3n) is 7.96. The maximum Gasteiger partial charge on any atom is 0.252 e. The molecule has 0 aliphatic carbocycles. The van der Waals surface area contributed by atoms with Crippen molar-refractivity contribution < 1.29 is 32.5 Å². The number of aliphatic hydroxyl groups is 1. The third kappa shape index (κ3) is 8.30. The van der Waals surface area contributed by atoms with E-state index in [9.17, 15) is 13.2 Å². The third-order valence-corrected chi connectivity index (χ3v) is 10.3. The van der Waals surface area contributed by atoms with Crippen molar-refractivity contribution in [3.63, 3.8) is 0 Å². The van der Waals surface area contributed by atoms with Crippen molar-refractivity contribution in [2.75, 3.05) is 32.6 Å². The van der Waals surface area contributed by atoms with Crippen LogP contribution in [0.2, 0.25) is 10.0 Å². The molecule has 2 N–H and O–H groups in total. The highest BCUT2D eigenvalue weighted by atomic mass is 35.5. The van der Waals surface area contributed by atoms with E-state index in [1.807, 2.05) is 24.3 Å². The van der Waals surface area contributed by atoms with Gasteiger partial charge in [-0.2, -0.15) is 0 Å². The number of carbonyl (C=O) groups is 1. The number of aliphatic imine (C=N–C) groups is 1. The van der Waals surface area contributed by atoms with E-state index in [0.29, 0.717) is 47.1 Å². The molecule has 1 aliphatic heterocycles. The largest absolute Gasteiger partial charge is 0.497 e. The molecular formula is C36H36Cl2N2O7S. The second kappa shape index (κ2) is 15.9. The van der Waals surface area contributed by atoms with Gasteiger partial charge in [-0.15, -0.1) is 0 Å². The van der Waals surface area contributed by atoms with E-state index in [1.165, 1.54) is 12.1 Å². The number of benzene rings is 4. The highest BCUT2D eigenvalue weighted by molar-refractivity contribution is 7.91. The fraction of sp³-hybridized carbons (Fsp3) is 0.278. The summed E-state index contributed by atoms with van der Waals surface area (Å²) in [4.78, 5) is 19.5. The number of hydrogen-bond donors (Lipinski definition) is 2. The van der Waals surface area contributed by atoms with Crippen molar-refractivity contribution >= 4 is 44.8 Å². The first kappa shape index (κ1) is 35.2. The molecule has 1 amide bonds. The molecule has 4 aromatic rings. The molecule has 1 heterocycles. The molecule has 0 fully saturated rings. The maximum absolute atomic E-state index is 14.4. The Morgan fingerprint density at radius 2 is 1.75 bits per heavy atom. The van der Waals surface area contributed by atoms with Gasteiger partial charge in [-0.25, -0.2) is 13.4 Å². The summed E-state index contributed by atoms with van der Waals surface area (Å²) < 4.78 is 44.6. The minimum atomic E-state index is -3.82. The van der Waals surface area contributed by atoms with Crippen LogP contribution < -0.4 is 14.8 Å². The van der Waals surface area contributed by atoms with Gasteiger partial charge in [-0.3, -0.25) is 4.79 Å². The van der Waals surface area contributed by atoms with Crippen molar-refractivity contribution in [1.29, 1.82) is 0 Å². The molecule has 12 heteroatoms. The number of nitrogens with one attached hydrogen (secondary N) is 1. The van der Waals surface area contributed by atoms with Crippen LogP contribution in [0.5, 0.6) is 11.5 Å². The molecule has 1 aliphatic rings. The van der Waals surface area contributed by atoms with Crippen LogP contribution in [0.4, 0.5) is 0 Å². The Balaban J connectivity index is 1.53. The second-order valence-electron chi connectivity index (χ2n) is 11.2. The Bertz CT molecular complexity index is 1850. The molecule has 0 bridgehead atoms. The SMILES string of the molecule is COc1cccc(CCNC(=O)[C@]2(CCS(=O)(=O)c3ccccc3)N=C(c3ccc(OCCCO)cc3)O[C@@H]2c2ccc(Cl)cc2Cl)c1. The van der Waals surface area contributed by atoms with Crippen LogP contribution in [0.15, 0.2) is 107 Å². The number of sulfone groups is 1. The number of ether oxygens (including phenoxy) is 3. The minimum Gasteiger partial charge on any atom is -0.497 e. The fourth-order valence-corrected chi connectivity index (χ4v) is 7.29. The van der Waals surface area contributed by atoms with Gasteiger partial charge in [0.1, 0.15) is 11.5 Å². The highest BCUT2D eigenvalue weighted by Crippen LogP contribution is 2.45. The summed E-state index contributed by atoms with van der Waals surface area (Å²) in [5.74, 6) is 0.525. The highest BCUT2D eigenvalue weighted by Gasteiger charge is 2.54. The van der Waals surface area contributed by atoms with Gasteiger partial charge in [0.2, 0.25) is 5.90 Å². The molecule has 0 saturated heterocycles. The molecule has 0 radical (unpaired) electrons. The van der Waals surface area contributed by atoms with Gasteiger partial charge in [-0.1, -0.05) is 59.6 Å². The summed E-state index contributed by atoms with van der Waals surface area (Å²) in [6.07, 6.45) is -0.309. The number of nitrogens with zero attached hydrogens (tertiary/aromatic N) is 1. The van der Waals surface area contributed by atoms with Gasteiger partial charge < -0.3 is 24.6 Å². The van der Waals surface area contributed by atoms with Crippen molar-refractivity contribution in [2.45, 2.75) is 35.8 Å². The summed E-state index contributed by atoms with van der Waals surface area (Å²) >= 11 is 12.9.